The van der Waals surface area contributed by atoms with Crippen LogP contribution < -0.4 is 0 Å². The smallest absolute Gasteiger partial charge is 0.388 e. The molecule has 17 heavy (non-hydrogen) atoms. The molecule has 0 aliphatic carbocycles. The van der Waals surface area contributed by atoms with Gasteiger partial charge in [-0.25, -0.2) is 4.57 Å². The van der Waals surface area contributed by atoms with E-state index in [0.717, 1.165) is 7.11 Å². The van der Waals surface area contributed by atoms with Crippen LogP contribution in [0.3, 0.4) is 0 Å². The summed E-state index contributed by atoms with van der Waals surface area (Å²) in [7, 11) is -3.69. The van der Waals surface area contributed by atoms with Gasteiger partial charge in [0.1, 0.15) is 24.4 Å². The number of carbonyl (C=O) groups is 1. The van der Waals surface area contributed by atoms with Gasteiger partial charge in [-0.3, -0.25) is 4.52 Å². The Bertz CT molecular complexity index is 277. The monoisotopic (exact) mass is 274 g/mol. The van der Waals surface area contributed by atoms with Gasteiger partial charge in [0.25, 0.3) is 0 Å². The minimum atomic E-state index is -4.77. The van der Waals surface area contributed by atoms with Gasteiger partial charge < -0.3 is 34.6 Å². The van der Waals surface area contributed by atoms with Gasteiger partial charge in [0, 0.05) is 7.11 Å². The number of aliphatic hydroxyl groups excluding tert-OH is 3. The van der Waals surface area contributed by atoms with Gasteiger partial charge in [-0.05, 0) is 0 Å². The number of phosphoric ester groups is 1. The van der Waals surface area contributed by atoms with Crippen molar-refractivity contribution in [1.82, 2.24) is 0 Å². The molecule has 0 radical (unpaired) electrons. The first-order valence-corrected chi connectivity index (χ1v) is 5.98. The zero-order chi connectivity index (χ0) is 13.6. The molecule has 0 amide bonds. The maximum atomic E-state index is 10.3. The molecule has 0 saturated heterocycles. The summed E-state index contributed by atoms with van der Waals surface area (Å²) < 4.78 is 18.9. The van der Waals surface area contributed by atoms with E-state index in [1.807, 2.05) is 0 Å². The Kier molecular flexibility index (Phi) is 6.98. The van der Waals surface area contributed by atoms with Crippen molar-refractivity contribution >= 4 is 14.1 Å². The van der Waals surface area contributed by atoms with Crippen LogP contribution in [0.25, 0.3) is 0 Å². The second kappa shape index (κ2) is 7.14. The first-order chi connectivity index (χ1) is 7.72. The highest BCUT2D eigenvalue weighted by Crippen LogP contribution is 2.35. The first kappa shape index (κ1) is 16.6. The minimum absolute atomic E-state index is 0.0912. The van der Waals surface area contributed by atoms with Crippen LogP contribution in [0, 0.1) is 0 Å². The Hall–Kier alpha value is -0.380. The van der Waals surface area contributed by atoms with Crippen molar-refractivity contribution in [2.75, 3.05) is 13.7 Å². The second-order valence-corrected chi connectivity index (χ2v) is 4.41. The van der Waals surface area contributed by atoms with E-state index in [1.165, 1.54) is 0 Å². The van der Waals surface area contributed by atoms with Crippen LogP contribution in [0.2, 0.25) is 0 Å². The number of ether oxygens (including phenoxy) is 1. The van der Waals surface area contributed by atoms with E-state index in [4.69, 9.17) is 14.9 Å². The lowest BCUT2D eigenvalue weighted by Crippen LogP contribution is -2.47. The molecule has 5 N–H and O–H groups in total. The SMILES string of the molecule is CO[C@@H]([C@H](O)[C@H](O)COP(=O)(O)O)[C@@H](O)C=O. The van der Waals surface area contributed by atoms with Crippen molar-refractivity contribution in [3.63, 3.8) is 0 Å². The third-order valence-electron chi connectivity index (χ3n) is 1.89. The molecule has 0 heterocycles. The third kappa shape index (κ3) is 6.20. The van der Waals surface area contributed by atoms with Gasteiger partial charge in [-0.15, -0.1) is 0 Å². The fraction of sp³-hybridized carbons (Fsp3) is 0.857. The van der Waals surface area contributed by atoms with Crippen molar-refractivity contribution < 1.29 is 43.7 Å². The van der Waals surface area contributed by atoms with Crippen LogP contribution in [-0.4, -0.2) is 69.5 Å². The number of phosphoric acid groups is 1. The second-order valence-electron chi connectivity index (χ2n) is 3.17. The van der Waals surface area contributed by atoms with Crippen LogP contribution in [0.15, 0.2) is 0 Å². The average molecular weight is 274 g/mol. The maximum Gasteiger partial charge on any atom is 0.469 e. The highest BCUT2D eigenvalue weighted by Gasteiger charge is 2.33. The summed E-state index contributed by atoms with van der Waals surface area (Å²) in [6.07, 6.45) is -6.50. The molecule has 9 nitrogen and oxygen atoms in total. The van der Waals surface area contributed by atoms with E-state index < -0.39 is 38.8 Å². The highest BCUT2D eigenvalue weighted by atomic mass is 31.2. The molecular formula is C7H15O9P. The number of carbonyl (C=O) groups excluding carboxylic acids is 1. The topological polar surface area (TPSA) is 154 Å². The largest absolute Gasteiger partial charge is 0.469 e. The molecule has 0 spiro atoms. The van der Waals surface area contributed by atoms with Crippen LogP contribution >= 0.6 is 7.82 Å². The molecular weight excluding hydrogens is 259 g/mol. The summed E-state index contributed by atoms with van der Waals surface area (Å²) in [6, 6.07) is 0. The molecule has 0 aromatic carbocycles. The van der Waals surface area contributed by atoms with E-state index in [0.29, 0.717) is 0 Å². The first-order valence-electron chi connectivity index (χ1n) is 4.45. The van der Waals surface area contributed by atoms with Crippen molar-refractivity contribution in [3.05, 3.63) is 0 Å². The zero-order valence-electron chi connectivity index (χ0n) is 8.91. The van der Waals surface area contributed by atoms with Crippen LogP contribution in [0.5, 0.6) is 0 Å². The molecule has 0 aliphatic rings. The lowest BCUT2D eigenvalue weighted by Gasteiger charge is -2.26. The molecule has 0 unspecified atom stereocenters. The van der Waals surface area contributed by atoms with Gasteiger partial charge in [-0.2, -0.15) is 0 Å². The number of rotatable bonds is 8. The summed E-state index contributed by atoms with van der Waals surface area (Å²) in [5.74, 6) is 0. The average Bonchev–Trinajstić information content (AvgIpc) is 2.25. The van der Waals surface area contributed by atoms with E-state index in [9.17, 15) is 19.6 Å². The Morgan fingerprint density at radius 2 is 1.82 bits per heavy atom. The van der Waals surface area contributed by atoms with Crippen LogP contribution in [-0.2, 0) is 18.6 Å². The number of hydrogen-bond acceptors (Lipinski definition) is 7. The zero-order valence-corrected chi connectivity index (χ0v) is 9.80. The molecule has 0 saturated carbocycles. The van der Waals surface area contributed by atoms with E-state index in [2.05, 4.69) is 9.26 Å². The van der Waals surface area contributed by atoms with Gasteiger partial charge in [0.05, 0.1) is 6.61 Å². The third-order valence-corrected chi connectivity index (χ3v) is 2.38. The van der Waals surface area contributed by atoms with E-state index in [1.54, 1.807) is 0 Å². The Morgan fingerprint density at radius 1 is 1.29 bits per heavy atom. The Morgan fingerprint density at radius 3 is 2.18 bits per heavy atom. The van der Waals surface area contributed by atoms with Crippen molar-refractivity contribution in [3.8, 4) is 0 Å². The molecule has 10 heteroatoms. The molecule has 0 rings (SSSR count). The fourth-order valence-electron chi connectivity index (χ4n) is 1.05. The quantitative estimate of drug-likeness (QED) is 0.236. The van der Waals surface area contributed by atoms with Gasteiger partial charge in [0.15, 0.2) is 6.29 Å². The molecule has 0 fully saturated rings. The molecule has 0 aromatic heterocycles. The Labute approximate surface area is 96.8 Å². The number of aliphatic hydroxyl groups is 3. The standard InChI is InChI=1S/C7H15O9P/c1-15-7(4(9)2-8)6(11)5(10)3-16-17(12,13)14/h2,4-7,9-11H,3H2,1H3,(H2,12,13,14)/t4-,5+,6+,7+/m0/s1. The van der Waals surface area contributed by atoms with Crippen LogP contribution in [0.1, 0.15) is 0 Å². The summed E-state index contributed by atoms with van der Waals surface area (Å²) in [4.78, 5) is 27.0. The number of hydrogen-bond donors (Lipinski definition) is 5. The molecule has 0 bridgehead atoms. The van der Waals surface area contributed by atoms with Crippen LogP contribution in [0.4, 0.5) is 0 Å². The highest BCUT2D eigenvalue weighted by molar-refractivity contribution is 7.46. The fourth-order valence-corrected chi connectivity index (χ4v) is 1.40. The maximum absolute atomic E-state index is 10.3. The van der Waals surface area contributed by atoms with Gasteiger partial charge >= 0.3 is 7.82 Å². The lowest BCUT2D eigenvalue weighted by atomic mass is 10.0. The lowest BCUT2D eigenvalue weighted by molar-refractivity contribution is -0.142. The van der Waals surface area contributed by atoms with Gasteiger partial charge in [-0.1, -0.05) is 0 Å². The van der Waals surface area contributed by atoms with Crippen molar-refractivity contribution in [2.24, 2.45) is 0 Å². The summed E-state index contributed by atoms with van der Waals surface area (Å²) in [5.41, 5.74) is 0. The summed E-state index contributed by atoms with van der Waals surface area (Å²) in [6.45, 7) is -0.878. The predicted octanol–water partition coefficient (Wildman–Crippen LogP) is -2.61. The number of aldehydes is 1. The minimum Gasteiger partial charge on any atom is -0.388 e. The Balaban J connectivity index is 4.40. The van der Waals surface area contributed by atoms with Crippen molar-refractivity contribution in [1.29, 1.82) is 0 Å². The van der Waals surface area contributed by atoms with Crippen molar-refractivity contribution in [2.45, 2.75) is 24.4 Å². The number of methoxy groups -OCH3 is 1. The predicted molar refractivity (Wildman–Crippen MR) is 52.9 cm³/mol. The summed E-state index contributed by atoms with van der Waals surface area (Å²) >= 11 is 0. The summed E-state index contributed by atoms with van der Waals surface area (Å²) in [5, 5.41) is 27.9. The normalized spacial score (nSPS) is 19.4. The molecule has 102 valence electrons. The molecule has 0 aromatic rings. The molecule has 4 atom stereocenters. The van der Waals surface area contributed by atoms with Gasteiger partial charge in [0.2, 0.25) is 0 Å². The van der Waals surface area contributed by atoms with E-state index >= 15 is 0 Å². The molecule has 0 aliphatic heterocycles. The van der Waals surface area contributed by atoms with E-state index in [-0.39, 0.29) is 6.29 Å².